The highest BCUT2D eigenvalue weighted by atomic mass is 16.5. The molecule has 31 heavy (non-hydrogen) atoms. The molecule has 6 heteroatoms. The van der Waals surface area contributed by atoms with Gasteiger partial charge in [0.2, 0.25) is 0 Å². The molecule has 2 N–H and O–H groups in total. The standard InChI is InChI=1S/C25H26N2O4/c28-23(29)18-31-22-13-7-12-21-25(22)30-17-16-27(21)15-14-26-24(19-8-3-1-4-9-19)20-10-5-2-6-11-20/h1-13,24,26H,14-18H2,(H,28,29). The number of rotatable bonds is 9. The van der Waals surface area contributed by atoms with Crippen LogP contribution in [0.1, 0.15) is 17.2 Å². The molecule has 160 valence electrons. The summed E-state index contributed by atoms with van der Waals surface area (Å²) in [6.45, 7) is 2.46. The monoisotopic (exact) mass is 418 g/mol. The lowest BCUT2D eigenvalue weighted by atomic mass is 9.99. The van der Waals surface area contributed by atoms with Crippen LogP contribution >= 0.6 is 0 Å². The smallest absolute Gasteiger partial charge is 0.341 e. The van der Waals surface area contributed by atoms with Crippen LogP contribution in [0, 0.1) is 0 Å². The Balaban J connectivity index is 1.46. The van der Waals surface area contributed by atoms with E-state index in [1.165, 1.54) is 11.1 Å². The van der Waals surface area contributed by atoms with Crippen LogP contribution in [-0.2, 0) is 4.79 Å². The number of hydrogen-bond acceptors (Lipinski definition) is 5. The molecule has 0 bridgehead atoms. The number of benzene rings is 3. The number of nitrogens with one attached hydrogen (secondary N) is 1. The Hall–Kier alpha value is -3.51. The molecule has 0 unspecified atom stereocenters. The first-order valence-corrected chi connectivity index (χ1v) is 10.4. The molecule has 0 amide bonds. The fourth-order valence-corrected chi connectivity index (χ4v) is 3.83. The highest BCUT2D eigenvalue weighted by molar-refractivity contribution is 5.70. The molecule has 3 aromatic carbocycles. The number of ether oxygens (including phenoxy) is 2. The Morgan fingerprint density at radius 3 is 2.32 bits per heavy atom. The van der Waals surface area contributed by atoms with E-state index < -0.39 is 12.6 Å². The lowest BCUT2D eigenvalue weighted by Gasteiger charge is -2.32. The molecule has 6 nitrogen and oxygen atoms in total. The summed E-state index contributed by atoms with van der Waals surface area (Å²) in [6.07, 6.45) is 0. The molecule has 0 saturated carbocycles. The van der Waals surface area contributed by atoms with Crippen molar-refractivity contribution in [2.45, 2.75) is 6.04 Å². The van der Waals surface area contributed by atoms with Gasteiger partial charge in [0, 0.05) is 13.1 Å². The van der Waals surface area contributed by atoms with Gasteiger partial charge in [0.1, 0.15) is 6.61 Å². The van der Waals surface area contributed by atoms with Gasteiger partial charge in [-0.3, -0.25) is 0 Å². The molecule has 0 fully saturated rings. The second kappa shape index (κ2) is 10.00. The first-order valence-electron chi connectivity index (χ1n) is 10.4. The Bertz CT molecular complexity index is 955. The van der Waals surface area contributed by atoms with Crippen LogP contribution in [0.25, 0.3) is 0 Å². The molecule has 0 spiro atoms. The maximum atomic E-state index is 10.9. The molecule has 1 heterocycles. The van der Waals surface area contributed by atoms with Crippen molar-refractivity contribution in [2.24, 2.45) is 0 Å². The second-order valence-electron chi connectivity index (χ2n) is 7.33. The van der Waals surface area contributed by atoms with E-state index in [4.69, 9.17) is 14.6 Å². The zero-order chi connectivity index (χ0) is 21.5. The fraction of sp³-hybridized carbons (Fsp3) is 0.240. The van der Waals surface area contributed by atoms with Crippen LogP contribution in [0.4, 0.5) is 5.69 Å². The van der Waals surface area contributed by atoms with Crippen molar-refractivity contribution in [3.05, 3.63) is 90.0 Å². The molecule has 1 aliphatic rings. The molecule has 0 aromatic heterocycles. The Morgan fingerprint density at radius 1 is 1.00 bits per heavy atom. The van der Waals surface area contributed by atoms with Gasteiger partial charge in [0.15, 0.2) is 18.1 Å². The number of carboxylic acids is 1. The van der Waals surface area contributed by atoms with Crippen LogP contribution in [0.2, 0.25) is 0 Å². The van der Waals surface area contributed by atoms with Gasteiger partial charge in [-0.1, -0.05) is 66.7 Å². The molecule has 3 aromatic rings. The number of carbonyl (C=O) groups is 1. The minimum Gasteiger partial charge on any atom is -0.486 e. The predicted octanol–water partition coefficient (Wildman–Crippen LogP) is 3.73. The van der Waals surface area contributed by atoms with Crippen LogP contribution < -0.4 is 19.7 Å². The van der Waals surface area contributed by atoms with Crippen molar-refractivity contribution in [1.29, 1.82) is 0 Å². The largest absolute Gasteiger partial charge is 0.486 e. The fourth-order valence-electron chi connectivity index (χ4n) is 3.83. The zero-order valence-corrected chi connectivity index (χ0v) is 17.2. The van der Waals surface area contributed by atoms with E-state index >= 15 is 0 Å². The van der Waals surface area contributed by atoms with E-state index in [9.17, 15) is 4.79 Å². The van der Waals surface area contributed by atoms with Crippen molar-refractivity contribution < 1.29 is 19.4 Å². The summed E-state index contributed by atoms with van der Waals surface area (Å²) in [5, 5.41) is 12.6. The summed E-state index contributed by atoms with van der Waals surface area (Å²) in [6, 6.07) is 26.5. The lowest BCUT2D eigenvalue weighted by Crippen LogP contribution is -2.39. The predicted molar refractivity (Wildman–Crippen MR) is 120 cm³/mol. The third kappa shape index (κ3) is 5.16. The van der Waals surface area contributed by atoms with Crippen molar-refractivity contribution in [2.75, 3.05) is 37.7 Å². The number of carboxylic acid groups (broad SMARTS) is 1. The van der Waals surface area contributed by atoms with Gasteiger partial charge in [-0.05, 0) is 23.3 Å². The van der Waals surface area contributed by atoms with E-state index in [2.05, 4.69) is 58.7 Å². The van der Waals surface area contributed by atoms with E-state index in [1.807, 2.05) is 24.3 Å². The summed E-state index contributed by atoms with van der Waals surface area (Å²) in [4.78, 5) is 13.1. The van der Waals surface area contributed by atoms with Gasteiger partial charge in [-0.25, -0.2) is 4.79 Å². The van der Waals surface area contributed by atoms with E-state index in [0.29, 0.717) is 18.1 Å². The van der Waals surface area contributed by atoms with Gasteiger partial charge in [-0.15, -0.1) is 0 Å². The topological polar surface area (TPSA) is 71.0 Å². The SMILES string of the molecule is O=C(O)COc1cccc2c1OCCN2CCNC(c1ccccc1)c1ccccc1. The van der Waals surface area contributed by atoms with Crippen molar-refractivity contribution in [1.82, 2.24) is 5.32 Å². The van der Waals surface area contributed by atoms with Gasteiger partial charge >= 0.3 is 5.97 Å². The number of anilines is 1. The molecule has 0 atom stereocenters. The van der Waals surface area contributed by atoms with E-state index in [-0.39, 0.29) is 6.04 Å². The molecular weight excluding hydrogens is 392 g/mol. The third-order valence-corrected chi connectivity index (χ3v) is 5.25. The third-order valence-electron chi connectivity index (χ3n) is 5.25. The Kier molecular flexibility index (Phi) is 6.69. The maximum Gasteiger partial charge on any atom is 0.341 e. The van der Waals surface area contributed by atoms with Crippen LogP contribution in [0.3, 0.4) is 0 Å². The molecule has 0 aliphatic carbocycles. The quantitative estimate of drug-likeness (QED) is 0.552. The highest BCUT2D eigenvalue weighted by Gasteiger charge is 2.22. The maximum absolute atomic E-state index is 10.9. The number of fused-ring (bicyclic) bond motifs is 1. The average molecular weight is 418 g/mol. The van der Waals surface area contributed by atoms with E-state index in [1.54, 1.807) is 6.07 Å². The number of nitrogens with zero attached hydrogens (tertiary/aromatic N) is 1. The summed E-state index contributed by atoms with van der Waals surface area (Å²) >= 11 is 0. The molecule has 1 aliphatic heterocycles. The normalized spacial score (nSPS) is 12.9. The number of aliphatic carboxylic acids is 1. The molecular formula is C25H26N2O4. The number of hydrogen-bond donors (Lipinski definition) is 2. The highest BCUT2D eigenvalue weighted by Crippen LogP contribution is 2.39. The number of para-hydroxylation sites is 1. The van der Waals surface area contributed by atoms with Crippen LogP contribution in [0.5, 0.6) is 11.5 Å². The molecule has 0 radical (unpaired) electrons. The minimum atomic E-state index is -1.01. The van der Waals surface area contributed by atoms with E-state index in [0.717, 1.165) is 25.3 Å². The van der Waals surface area contributed by atoms with Crippen molar-refractivity contribution >= 4 is 11.7 Å². The average Bonchev–Trinajstić information content (AvgIpc) is 2.81. The lowest BCUT2D eigenvalue weighted by molar-refractivity contribution is -0.139. The van der Waals surface area contributed by atoms with Gasteiger partial charge in [-0.2, -0.15) is 0 Å². The first kappa shape index (κ1) is 20.8. The van der Waals surface area contributed by atoms with Gasteiger partial charge in [0.25, 0.3) is 0 Å². The molecule has 0 saturated heterocycles. The van der Waals surface area contributed by atoms with Crippen LogP contribution in [-0.4, -0.2) is 43.9 Å². The first-order chi connectivity index (χ1) is 15.2. The summed E-state index contributed by atoms with van der Waals surface area (Å²) in [5.74, 6) is 0.0593. The summed E-state index contributed by atoms with van der Waals surface area (Å²) < 4.78 is 11.2. The Labute approximate surface area is 182 Å². The van der Waals surface area contributed by atoms with Gasteiger partial charge in [0.05, 0.1) is 18.3 Å². The van der Waals surface area contributed by atoms with Crippen molar-refractivity contribution in [3.63, 3.8) is 0 Å². The van der Waals surface area contributed by atoms with Gasteiger partial charge < -0.3 is 24.8 Å². The van der Waals surface area contributed by atoms with Crippen LogP contribution in [0.15, 0.2) is 78.9 Å². The summed E-state index contributed by atoms with van der Waals surface area (Å²) in [7, 11) is 0. The summed E-state index contributed by atoms with van der Waals surface area (Å²) in [5.41, 5.74) is 3.37. The van der Waals surface area contributed by atoms with Crippen molar-refractivity contribution in [3.8, 4) is 11.5 Å². The Morgan fingerprint density at radius 2 is 1.68 bits per heavy atom. The molecule has 4 rings (SSSR count). The minimum absolute atomic E-state index is 0.105. The second-order valence-corrected chi connectivity index (χ2v) is 7.33. The zero-order valence-electron chi connectivity index (χ0n) is 17.2.